The normalized spacial score (nSPS) is 11.3. The third-order valence-electron chi connectivity index (χ3n) is 2.08. The summed E-state index contributed by atoms with van der Waals surface area (Å²) in [6.07, 6.45) is -2.43. The molecule has 0 heterocycles. The smallest absolute Gasteiger partial charge is 0.417 e. The van der Waals surface area contributed by atoms with Crippen LogP contribution in [-0.2, 0) is 15.7 Å². The molecule has 1 rings (SSSR count). The lowest BCUT2D eigenvalue weighted by molar-refractivity contribution is -0.138. The number of carbonyl (C=O) groups excluding carboxylic acids is 1. The number of hydrogen-bond donors (Lipinski definition) is 0. The van der Waals surface area contributed by atoms with Crippen LogP contribution in [0.1, 0.15) is 16.7 Å². The molecule has 1 aromatic carbocycles. The molecule has 0 aromatic heterocycles. The SMILES string of the molecule is COC(=O)C=Cc1ccc(C#N)c(C(F)(F)F)c1. The van der Waals surface area contributed by atoms with Crippen molar-refractivity contribution in [3.8, 4) is 6.07 Å². The Hall–Kier alpha value is -2.29. The molecule has 3 nitrogen and oxygen atoms in total. The van der Waals surface area contributed by atoms with E-state index in [9.17, 15) is 18.0 Å². The fraction of sp³-hybridized carbons (Fsp3) is 0.167. The molecule has 0 aliphatic rings. The molecule has 94 valence electrons. The Morgan fingerprint density at radius 2 is 2.11 bits per heavy atom. The second-order valence-corrected chi connectivity index (χ2v) is 3.27. The van der Waals surface area contributed by atoms with E-state index in [0.717, 1.165) is 25.3 Å². The van der Waals surface area contributed by atoms with E-state index in [1.807, 2.05) is 0 Å². The van der Waals surface area contributed by atoms with Crippen LogP contribution in [0.25, 0.3) is 6.08 Å². The molecule has 0 saturated carbocycles. The van der Waals surface area contributed by atoms with Crippen molar-refractivity contribution in [2.24, 2.45) is 0 Å². The molecule has 0 saturated heterocycles. The van der Waals surface area contributed by atoms with Crippen LogP contribution in [0.3, 0.4) is 0 Å². The average Bonchev–Trinajstić information content (AvgIpc) is 2.34. The van der Waals surface area contributed by atoms with Gasteiger partial charge in [0.05, 0.1) is 24.3 Å². The topological polar surface area (TPSA) is 50.1 Å². The Bertz CT molecular complexity index is 527. The van der Waals surface area contributed by atoms with Crippen molar-refractivity contribution < 1.29 is 22.7 Å². The molecule has 0 spiro atoms. The van der Waals surface area contributed by atoms with Crippen molar-refractivity contribution >= 4 is 12.0 Å². The fourth-order valence-corrected chi connectivity index (χ4v) is 1.23. The molecular formula is C12H8F3NO2. The number of nitriles is 1. The summed E-state index contributed by atoms with van der Waals surface area (Å²) in [5.41, 5.74) is -1.33. The summed E-state index contributed by atoms with van der Waals surface area (Å²) in [5, 5.41) is 8.59. The highest BCUT2D eigenvalue weighted by atomic mass is 19.4. The van der Waals surface area contributed by atoms with Crippen LogP contribution in [-0.4, -0.2) is 13.1 Å². The summed E-state index contributed by atoms with van der Waals surface area (Å²) in [6.45, 7) is 0. The lowest BCUT2D eigenvalue weighted by Gasteiger charge is -2.09. The van der Waals surface area contributed by atoms with Crippen molar-refractivity contribution in [2.75, 3.05) is 7.11 Å². The standard InChI is InChI=1S/C12H8F3NO2/c1-18-11(17)5-3-8-2-4-9(7-16)10(6-8)12(13,14)15/h2-6H,1H3. The molecule has 0 radical (unpaired) electrons. The van der Waals surface area contributed by atoms with Crippen LogP contribution in [0.15, 0.2) is 24.3 Å². The largest absolute Gasteiger partial charge is 0.466 e. The van der Waals surface area contributed by atoms with Crippen molar-refractivity contribution in [2.45, 2.75) is 6.18 Å². The summed E-state index contributed by atoms with van der Waals surface area (Å²) < 4.78 is 42.2. The van der Waals surface area contributed by atoms with Gasteiger partial charge in [-0.25, -0.2) is 4.79 Å². The van der Waals surface area contributed by atoms with Crippen LogP contribution in [0.5, 0.6) is 0 Å². The number of rotatable bonds is 2. The van der Waals surface area contributed by atoms with Crippen molar-refractivity contribution in [1.82, 2.24) is 0 Å². The van der Waals surface area contributed by atoms with Gasteiger partial charge in [0.1, 0.15) is 0 Å². The highest BCUT2D eigenvalue weighted by Crippen LogP contribution is 2.32. The van der Waals surface area contributed by atoms with Crippen molar-refractivity contribution in [3.63, 3.8) is 0 Å². The first-order valence-electron chi connectivity index (χ1n) is 4.76. The van der Waals surface area contributed by atoms with E-state index >= 15 is 0 Å². The van der Waals surface area contributed by atoms with Gasteiger partial charge in [0.2, 0.25) is 0 Å². The van der Waals surface area contributed by atoms with Gasteiger partial charge < -0.3 is 4.74 Å². The Morgan fingerprint density at radius 1 is 1.44 bits per heavy atom. The summed E-state index contributed by atoms with van der Waals surface area (Å²) in [6, 6.07) is 4.64. The van der Waals surface area contributed by atoms with Crippen molar-refractivity contribution in [3.05, 3.63) is 41.0 Å². The van der Waals surface area contributed by atoms with Crippen LogP contribution < -0.4 is 0 Å². The van der Waals surface area contributed by atoms with Gasteiger partial charge in [-0.15, -0.1) is 0 Å². The maximum Gasteiger partial charge on any atom is 0.417 e. The Balaban J connectivity index is 3.16. The summed E-state index contributed by atoms with van der Waals surface area (Å²) in [4.78, 5) is 10.8. The predicted octanol–water partition coefficient (Wildman–Crippen LogP) is 2.76. The van der Waals surface area contributed by atoms with E-state index in [4.69, 9.17) is 5.26 Å². The molecule has 1 aromatic rings. The van der Waals surface area contributed by atoms with Crippen LogP contribution in [0, 0.1) is 11.3 Å². The van der Waals surface area contributed by atoms with Crippen molar-refractivity contribution in [1.29, 1.82) is 5.26 Å². The van der Waals surface area contributed by atoms with Gasteiger partial charge in [0.25, 0.3) is 0 Å². The van der Waals surface area contributed by atoms with Gasteiger partial charge >= 0.3 is 12.1 Å². The van der Waals surface area contributed by atoms with Gasteiger partial charge in [-0.3, -0.25) is 0 Å². The summed E-state index contributed by atoms with van der Waals surface area (Å²) in [5.74, 6) is -0.673. The third-order valence-corrected chi connectivity index (χ3v) is 2.08. The summed E-state index contributed by atoms with van der Waals surface area (Å²) >= 11 is 0. The first-order valence-corrected chi connectivity index (χ1v) is 4.76. The third kappa shape index (κ3) is 3.35. The number of hydrogen-bond acceptors (Lipinski definition) is 3. The average molecular weight is 255 g/mol. The van der Waals surface area contributed by atoms with Gasteiger partial charge in [-0.05, 0) is 23.8 Å². The van der Waals surface area contributed by atoms with E-state index in [0.29, 0.717) is 0 Å². The second kappa shape index (κ2) is 5.36. The van der Waals surface area contributed by atoms with Gasteiger partial charge in [0, 0.05) is 6.08 Å². The number of alkyl halides is 3. The molecule has 0 atom stereocenters. The van der Waals surface area contributed by atoms with E-state index < -0.39 is 23.3 Å². The molecule has 0 aliphatic heterocycles. The minimum absolute atomic E-state index is 0.159. The lowest BCUT2D eigenvalue weighted by atomic mass is 10.0. The fourth-order valence-electron chi connectivity index (χ4n) is 1.23. The molecule has 0 aliphatic carbocycles. The Morgan fingerprint density at radius 3 is 2.61 bits per heavy atom. The number of halogens is 3. The molecular weight excluding hydrogens is 247 g/mol. The van der Waals surface area contributed by atoms with Crippen LogP contribution >= 0.6 is 0 Å². The summed E-state index contributed by atoms with van der Waals surface area (Å²) in [7, 11) is 1.16. The number of nitrogens with zero attached hydrogens (tertiary/aromatic N) is 1. The molecule has 0 amide bonds. The molecule has 0 N–H and O–H groups in total. The Kier molecular flexibility index (Phi) is 4.10. The highest BCUT2D eigenvalue weighted by molar-refractivity contribution is 5.87. The monoisotopic (exact) mass is 255 g/mol. The van der Waals surface area contributed by atoms with E-state index in [1.165, 1.54) is 18.2 Å². The molecule has 0 bridgehead atoms. The van der Waals surface area contributed by atoms with Gasteiger partial charge in [-0.1, -0.05) is 6.07 Å². The molecule has 6 heteroatoms. The number of carbonyl (C=O) groups is 1. The highest BCUT2D eigenvalue weighted by Gasteiger charge is 2.33. The zero-order chi connectivity index (χ0) is 13.8. The quantitative estimate of drug-likeness (QED) is 0.603. The molecule has 18 heavy (non-hydrogen) atoms. The second-order valence-electron chi connectivity index (χ2n) is 3.27. The zero-order valence-corrected chi connectivity index (χ0v) is 9.28. The maximum absolute atomic E-state index is 12.6. The minimum Gasteiger partial charge on any atom is -0.466 e. The van der Waals surface area contributed by atoms with Gasteiger partial charge in [0.15, 0.2) is 0 Å². The zero-order valence-electron chi connectivity index (χ0n) is 9.28. The maximum atomic E-state index is 12.6. The lowest BCUT2D eigenvalue weighted by Crippen LogP contribution is -2.08. The van der Waals surface area contributed by atoms with Gasteiger partial charge in [-0.2, -0.15) is 18.4 Å². The number of benzene rings is 1. The number of ether oxygens (including phenoxy) is 1. The number of esters is 1. The molecule has 0 unspecified atom stereocenters. The predicted molar refractivity (Wildman–Crippen MR) is 57.2 cm³/mol. The number of methoxy groups -OCH3 is 1. The van der Waals surface area contributed by atoms with E-state index in [2.05, 4.69) is 4.74 Å². The first-order chi connectivity index (χ1) is 8.38. The van der Waals surface area contributed by atoms with Crippen LogP contribution in [0.4, 0.5) is 13.2 Å². The Labute approximate surface area is 101 Å². The minimum atomic E-state index is -4.61. The van der Waals surface area contributed by atoms with E-state index in [-0.39, 0.29) is 5.56 Å². The first kappa shape index (κ1) is 13.8. The van der Waals surface area contributed by atoms with E-state index in [1.54, 1.807) is 0 Å². The van der Waals surface area contributed by atoms with Crippen LogP contribution in [0.2, 0.25) is 0 Å². The molecule has 0 fully saturated rings.